The minimum Gasteiger partial charge on any atom is -0.443 e. The average molecular weight is 318 g/mol. The summed E-state index contributed by atoms with van der Waals surface area (Å²) in [5.74, 6) is 0.888. The van der Waals surface area contributed by atoms with Crippen LogP contribution in [0.3, 0.4) is 0 Å². The summed E-state index contributed by atoms with van der Waals surface area (Å²) >= 11 is 3.46. The van der Waals surface area contributed by atoms with Gasteiger partial charge >= 0.3 is 0 Å². The van der Waals surface area contributed by atoms with Gasteiger partial charge in [-0.25, -0.2) is 9.97 Å². The summed E-state index contributed by atoms with van der Waals surface area (Å²) in [6.45, 7) is 2.04. The van der Waals surface area contributed by atoms with Crippen LogP contribution in [0.2, 0.25) is 0 Å². The van der Waals surface area contributed by atoms with Crippen LogP contribution in [0.1, 0.15) is 5.56 Å². The van der Waals surface area contributed by atoms with Gasteiger partial charge in [-0.2, -0.15) is 0 Å². The van der Waals surface area contributed by atoms with Gasteiger partial charge in [-0.05, 0) is 46.6 Å². The number of nitrogens with zero attached hydrogens (tertiary/aromatic N) is 3. The molecule has 0 spiro atoms. The number of benzene rings is 1. The standard InChI is InChI=1S/C14H12BrN3O/c1-9-5-14(16-7-11(9)15)18(2)10-3-4-12-13(6-10)19-8-17-12/h3-8H,1-2H3. The van der Waals surface area contributed by atoms with Crippen molar-refractivity contribution in [1.29, 1.82) is 0 Å². The second kappa shape index (κ2) is 4.66. The van der Waals surface area contributed by atoms with Crippen molar-refractivity contribution in [2.75, 3.05) is 11.9 Å². The highest BCUT2D eigenvalue weighted by Crippen LogP contribution is 2.27. The van der Waals surface area contributed by atoms with E-state index in [0.717, 1.165) is 32.6 Å². The smallest absolute Gasteiger partial charge is 0.181 e. The molecule has 1 aromatic carbocycles. The maximum absolute atomic E-state index is 5.32. The topological polar surface area (TPSA) is 42.2 Å². The molecule has 0 saturated heterocycles. The molecule has 3 rings (SSSR count). The third-order valence-electron chi connectivity index (χ3n) is 3.08. The molecule has 0 bridgehead atoms. The Labute approximate surface area is 119 Å². The molecule has 3 aromatic rings. The monoisotopic (exact) mass is 317 g/mol. The Hall–Kier alpha value is -1.88. The number of hydrogen-bond acceptors (Lipinski definition) is 4. The van der Waals surface area contributed by atoms with Crippen molar-refractivity contribution < 1.29 is 4.42 Å². The van der Waals surface area contributed by atoms with Crippen LogP contribution in [0.4, 0.5) is 11.5 Å². The van der Waals surface area contributed by atoms with Crippen molar-refractivity contribution in [2.45, 2.75) is 6.92 Å². The Morgan fingerprint density at radius 1 is 1.21 bits per heavy atom. The van der Waals surface area contributed by atoms with Gasteiger partial charge in [0.15, 0.2) is 12.0 Å². The molecular formula is C14H12BrN3O. The van der Waals surface area contributed by atoms with E-state index in [1.165, 1.54) is 6.39 Å². The van der Waals surface area contributed by atoms with Gasteiger partial charge in [0.1, 0.15) is 11.3 Å². The maximum Gasteiger partial charge on any atom is 0.181 e. The third-order valence-corrected chi connectivity index (χ3v) is 3.91. The second-order valence-electron chi connectivity index (χ2n) is 4.36. The van der Waals surface area contributed by atoms with E-state index in [2.05, 4.69) is 25.9 Å². The molecule has 0 aliphatic carbocycles. The molecule has 5 heteroatoms. The second-order valence-corrected chi connectivity index (χ2v) is 5.21. The summed E-state index contributed by atoms with van der Waals surface area (Å²) in [6.07, 6.45) is 3.27. The van der Waals surface area contributed by atoms with Crippen molar-refractivity contribution >= 4 is 38.5 Å². The van der Waals surface area contributed by atoms with Crippen LogP contribution in [-0.4, -0.2) is 17.0 Å². The molecule has 0 aliphatic rings. The van der Waals surface area contributed by atoms with Crippen LogP contribution in [0.5, 0.6) is 0 Å². The SMILES string of the molecule is Cc1cc(N(C)c2ccc3ncoc3c2)ncc1Br. The molecule has 96 valence electrons. The molecule has 19 heavy (non-hydrogen) atoms. The van der Waals surface area contributed by atoms with Crippen LogP contribution >= 0.6 is 15.9 Å². The van der Waals surface area contributed by atoms with Crippen LogP contribution in [0, 0.1) is 6.92 Å². The van der Waals surface area contributed by atoms with E-state index >= 15 is 0 Å². The molecule has 0 saturated carbocycles. The number of hydrogen-bond donors (Lipinski definition) is 0. The summed E-state index contributed by atoms with van der Waals surface area (Å²) in [6, 6.07) is 7.94. The van der Waals surface area contributed by atoms with E-state index in [9.17, 15) is 0 Å². The van der Waals surface area contributed by atoms with Gasteiger partial charge in [-0.1, -0.05) is 0 Å². The van der Waals surface area contributed by atoms with Crippen LogP contribution in [0.25, 0.3) is 11.1 Å². The lowest BCUT2D eigenvalue weighted by Crippen LogP contribution is -2.11. The lowest BCUT2D eigenvalue weighted by atomic mass is 10.2. The maximum atomic E-state index is 5.32. The van der Waals surface area contributed by atoms with E-state index in [4.69, 9.17) is 4.42 Å². The quantitative estimate of drug-likeness (QED) is 0.714. The minimum absolute atomic E-state index is 0.776. The molecule has 0 amide bonds. The summed E-state index contributed by atoms with van der Waals surface area (Å²) in [4.78, 5) is 10.5. The predicted molar refractivity (Wildman–Crippen MR) is 78.7 cm³/mol. The number of oxazole rings is 1. The van der Waals surface area contributed by atoms with E-state index in [1.807, 2.05) is 49.3 Å². The Kier molecular flexibility index (Phi) is 2.98. The van der Waals surface area contributed by atoms with Gasteiger partial charge < -0.3 is 9.32 Å². The lowest BCUT2D eigenvalue weighted by Gasteiger charge is -2.18. The largest absolute Gasteiger partial charge is 0.443 e. The lowest BCUT2D eigenvalue weighted by molar-refractivity contribution is 0.602. The third kappa shape index (κ3) is 2.21. The van der Waals surface area contributed by atoms with E-state index in [1.54, 1.807) is 0 Å². The number of aryl methyl sites for hydroxylation is 1. The molecular weight excluding hydrogens is 306 g/mol. The van der Waals surface area contributed by atoms with E-state index < -0.39 is 0 Å². The van der Waals surface area contributed by atoms with Crippen LogP contribution in [-0.2, 0) is 0 Å². The highest BCUT2D eigenvalue weighted by Gasteiger charge is 2.09. The van der Waals surface area contributed by atoms with Crippen LogP contribution in [0.15, 0.2) is 45.7 Å². The Bertz CT molecular complexity index is 738. The number of fused-ring (bicyclic) bond motifs is 1. The Balaban J connectivity index is 2.01. The summed E-state index contributed by atoms with van der Waals surface area (Å²) in [7, 11) is 1.98. The number of rotatable bonds is 2. The van der Waals surface area contributed by atoms with E-state index in [-0.39, 0.29) is 0 Å². The summed E-state index contributed by atoms with van der Waals surface area (Å²) in [5.41, 5.74) is 3.80. The van der Waals surface area contributed by atoms with Gasteiger partial charge in [-0.3, -0.25) is 0 Å². The normalized spacial score (nSPS) is 10.9. The van der Waals surface area contributed by atoms with Gasteiger partial charge in [-0.15, -0.1) is 0 Å². The zero-order valence-electron chi connectivity index (χ0n) is 10.6. The first-order valence-corrected chi connectivity index (χ1v) is 6.63. The fraction of sp³-hybridized carbons (Fsp3) is 0.143. The first-order valence-electron chi connectivity index (χ1n) is 5.84. The molecule has 0 unspecified atom stereocenters. The molecule has 0 aliphatic heterocycles. The van der Waals surface area contributed by atoms with Crippen LogP contribution < -0.4 is 4.90 Å². The molecule has 4 nitrogen and oxygen atoms in total. The number of pyridine rings is 1. The summed E-state index contributed by atoms with van der Waals surface area (Å²) < 4.78 is 6.33. The first-order chi connectivity index (χ1) is 9.15. The highest BCUT2D eigenvalue weighted by molar-refractivity contribution is 9.10. The molecule has 0 atom stereocenters. The zero-order chi connectivity index (χ0) is 13.4. The zero-order valence-corrected chi connectivity index (χ0v) is 12.2. The first kappa shape index (κ1) is 12.2. The van der Waals surface area contributed by atoms with E-state index in [0.29, 0.717) is 0 Å². The van der Waals surface area contributed by atoms with Gasteiger partial charge in [0.05, 0.1) is 0 Å². The van der Waals surface area contributed by atoms with Crippen molar-refractivity contribution in [3.63, 3.8) is 0 Å². The van der Waals surface area contributed by atoms with Crippen molar-refractivity contribution in [3.8, 4) is 0 Å². The minimum atomic E-state index is 0.776. The molecule has 2 heterocycles. The number of aromatic nitrogens is 2. The Morgan fingerprint density at radius 2 is 2.05 bits per heavy atom. The highest BCUT2D eigenvalue weighted by atomic mass is 79.9. The van der Waals surface area contributed by atoms with Crippen molar-refractivity contribution in [2.24, 2.45) is 0 Å². The predicted octanol–water partition coefficient (Wildman–Crippen LogP) is 4.06. The molecule has 0 radical (unpaired) electrons. The average Bonchev–Trinajstić information content (AvgIpc) is 2.88. The Morgan fingerprint density at radius 3 is 2.84 bits per heavy atom. The van der Waals surface area contributed by atoms with Gasteiger partial charge in [0.2, 0.25) is 0 Å². The fourth-order valence-electron chi connectivity index (χ4n) is 1.89. The number of anilines is 2. The molecule has 2 aromatic heterocycles. The van der Waals surface area contributed by atoms with Crippen molar-refractivity contribution in [3.05, 3.63) is 46.9 Å². The molecule has 0 N–H and O–H groups in total. The fourth-order valence-corrected chi connectivity index (χ4v) is 2.11. The van der Waals surface area contributed by atoms with Crippen molar-refractivity contribution in [1.82, 2.24) is 9.97 Å². The molecule has 0 fully saturated rings. The van der Waals surface area contributed by atoms with Gasteiger partial charge in [0, 0.05) is 29.5 Å². The van der Waals surface area contributed by atoms with Gasteiger partial charge in [0.25, 0.3) is 0 Å². The summed E-state index contributed by atoms with van der Waals surface area (Å²) in [5, 5.41) is 0. The number of halogens is 1.